The molecule has 2 heterocycles. The molecule has 1 aliphatic rings. The third kappa shape index (κ3) is 2.64. The van der Waals surface area contributed by atoms with Crippen LogP contribution in [-0.2, 0) is 11.2 Å². The SMILES string of the molecule is CC1CNCCN1C(=O)CCc1cc[nH]c1. The number of amides is 1. The Labute approximate surface area is 96.0 Å². The van der Waals surface area contributed by atoms with Gasteiger partial charge in [-0.2, -0.15) is 0 Å². The molecule has 88 valence electrons. The number of carbonyl (C=O) groups excluding carboxylic acids is 1. The Balaban J connectivity index is 1.83. The molecule has 0 spiro atoms. The Hall–Kier alpha value is -1.29. The van der Waals surface area contributed by atoms with Crippen molar-refractivity contribution in [2.75, 3.05) is 19.6 Å². The average Bonchev–Trinajstić information content (AvgIpc) is 2.79. The molecule has 1 unspecified atom stereocenters. The van der Waals surface area contributed by atoms with E-state index in [1.807, 2.05) is 23.4 Å². The maximum atomic E-state index is 12.0. The Morgan fingerprint density at radius 3 is 3.19 bits per heavy atom. The fourth-order valence-corrected chi connectivity index (χ4v) is 2.12. The van der Waals surface area contributed by atoms with Crippen LogP contribution >= 0.6 is 0 Å². The normalized spacial score (nSPS) is 21.1. The molecule has 0 aromatic carbocycles. The first-order valence-corrected chi connectivity index (χ1v) is 5.89. The summed E-state index contributed by atoms with van der Waals surface area (Å²) in [5.74, 6) is 0.273. The first kappa shape index (κ1) is 11.2. The van der Waals surface area contributed by atoms with Gasteiger partial charge < -0.3 is 15.2 Å². The highest BCUT2D eigenvalue weighted by molar-refractivity contribution is 5.76. The van der Waals surface area contributed by atoms with E-state index in [0.717, 1.165) is 26.1 Å². The molecule has 0 radical (unpaired) electrons. The van der Waals surface area contributed by atoms with E-state index in [9.17, 15) is 4.79 Å². The van der Waals surface area contributed by atoms with Gasteiger partial charge in [0.15, 0.2) is 0 Å². The molecule has 0 saturated carbocycles. The summed E-state index contributed by atoms with van der Waals surface area (Å²) < 4.78 is 0. The molecule has 1 aromatic rings. The van der Waals surface area contributed by atoms with E-state index < -0.39 is 0 Å². The van der Waals surface area contributed by atoms with Crippen LogP contribution in [0, 0.1) is 0 Å². The highest BCUT2D eigenvalue weighted by Gasteiger charge is 2.22. The molecule has 1 aliphatic heterocycles. The fourth-order valence-electron chi connectivity index (χ4n) is 2.12. The van der Waals surface area contributed by atoms with Crippen LogP contribution in [0.3, 0.4) is 0 Å². The number of aryl methyl sites for hydroxylation is 1. The molecule has 1 atom stereocenters. The monoisotopic (exact) mass is 221 g/mol. The van der Waals surface area contributed by atoms with Gasteiger partial charge in [-0.15, -0.1) is 0 Å². The van der Waals surface area contributed by atoms with Gasteiger partial charge in [-0.1, -0.05) is 0 Å². The quantitative estimate of drug-likeness (QED) is 0.792. The summed E-state index contributed by atoms with van der Waals surface area (Å²) in [7, 11) is 0. The minimum Gasteiger partial charge on any atom is -0.367 e. The number of carbonyl (C=O) groups is 1. The number of H-pyrrole nitrogens is 1. The summed E-state index contributed by atoms with van der Waals surface area (Å²) in [6.07, 6.45) is 5.29. The highest BCUT2D eigenvalue weighted by atomic mass is 16.2. The summed E-state index contributed by atoms with van der Waals surface area (Å²) in [6, 6.07) is 2.35. The lowest BCUT2D eigenvalue weighted by Crippen LogP contribution is -2.52. The molecule has 1 saturated heterocycles. The lowest BCUT2D eigenvalue weighted by molar-refractivity contribution is -0.133. The third-order valence-electron chi connectivity index (χ3n) is 3.11. The standard InChI is InChI=1S/C12H19N3O/c1-10-8-14-6-7-15(10)12(16)3-2-11-4-5-13-9-11/h4-5,9-10,13-14H,2-3,6-8H2,1H3. The van der Waals surface area contributed by atoms with Crippen LogP contribution in [0.25, 0.3) is 0 Å². The van der Waals surface area contributed by atoms with Crippen LogP contribution in [0.15, 0.2) is 18.5 Å². The number of aromatic nitrogens is 1. The zero-order valence-corrected chi connectivity index (χ0v) is 9.70. The summed E-state index contributed by atoms with van der Waals surface area (Å²) in [4.78, 5) is 17.0. The number of hydrogen-bond donors (Lipinski definition) is 2. The van der Waals surface area contributed by atoms with Crippen molar-refractivity contribution in [1.29, 1.82) is 0 Å². The minimum atomic E-state index is 0.273. The van der Waals surface area contributed by atoms with Gasteiger partial charge >= 0.3 is 0 Å². The first-order chi connectivity index (χ1) is 7.77. The number of nitrogens with one attached hydrogen (secondary N) is 2. The summed E-state index contributed by atoms with van der Waals surface area (Å²) in [5.41, 5.74) is 1.20. The van der Waals surface area contributed by atoms with E-state index in [1.54, 1.807) is 0 Å². The summed E-state index contributed by atoms with van der Waals surface area (Å²) in [5, 5.41) is 3.29. The molecule has 0 aliphatic carbocycles. The van der Waals surface area contributed by atoms with Gasteiger partial charge in [0.05, 0.1) is 0 Å². The number of nitrogens with zero attached hydrogens (tertiary/aromatic N) is 1. The van der Waals surface area contributed by atoms with Crippen LogP contribution in [-0.4, -0.2) is 41.5 Å². The summed E-state index contributed by atoms with van der Waals surface area (Å²) in [6.45, 7) is 4.77. The number of hydrogen-bond acceptors (Lipinski definition) is 2. The molecule has 4 nitrogen and oxygen atoms in total. The van der Waals surface area contributed by atoms with Crippen molar-refractivity contribution in [3.63, 3.8) is 0 Å². The number of aromatic amines is 1. The second-order valence-corrected chi connectivity index (χ2v) is 4.36. The van der Waals surface area contributed by atoms with Crippen LogP contribution < -0.4 is 5.32 Å². The average molecular weight is 221 g/mol. The second kappa shape index (κ2) is 5.16. The largest absolute Gasteiger partial charge is 0.367 e. The maximum absolute atomic E-state index is 12.0. The van der Waals surface area contributed by atoms with E-state index >= 15 is 0 Å². The first-order valence-electron chi connectivity index (χ1n) is 5.89. The van der Waals surface area contributed by atoms with Crippen molar-refractivity contribution in [3.05, 3.63) is 24.0 Å². The molecule has 0 bridgehead atoms. The van der Waals surface area contributed by atoms with Crippen molar-refractivity contribution < 1.29 is 4.79 Å². The molecule has 1 aromatic heterocycles. The molecule has 2 rings (SSSR count). The van der Waals surface area contributed by atoms with Crippen molar-refractivity contribution in [3.8, 4) is 0 Å². The molecule has 16 heavy (non-hydrogen) atoms. The van der Waals surface area contributed by atoms with Gasteiger partial charge in [0.1, 0.15) is 0 Å². The zero-order chi connectivity index (χ0) is 11.4. The summed E-state index contributed by atoms with van der Waals surface area (Å²) >= 11 is 0. The number of piperazine rings is 1. The topological polar surface area (TPSA) is 48.1 Å². The Kier molecular flexibility index (Phi) is 3.62. The minimum absolute atomic E-state index is 0.273. The molecule has 4 heteroatoms. The van der Waals surface area contributed by atoms with E-state index in [4.69, 9.17) is 0 Å². The Morgan fingerprint density at radius 1 is 1.62 bits per heavy atom. The second-order valence-electron chi connectivity index (χ2n) is 4.36. The highest BCUT2D eigenvalue weighted by Crippen LogP contribution is 2.08. The van der Waals surface area contributed by atoms with Crippen molar-refractivity contribution in [1.82, 2.24) is 15.2 Å². The van der Waals surface area contributed by atoms with E-state index in [-0.39, 0.29) is 5.91 Å². The van der Waals surface area contributed by atoms with Crippen LogP contribution in [0.1, 0.15) is 18.9 Å². The van der Waals surface area contributed by atoms with Gasteiger partial charge in [-0.3, -0.25) is 4.79 Å². The predicted molar refractivity (Wildman–Crippen MR) is 63.2 cm³/mol. The zero-order valence-electron chi connectivity index (χ0n) is 9.70. The van der Waals surface area contributed by atoms with Gasteiger partial charge in [0.25, 0.3) is 0 Å². The molecule has 1 amide bonds. The molecule has 1 fully saturated rings. The lowest BCUT2D eigenvalue weighted by atomic mass is 10.1. The Morgan fingerprint density at radius 2 is 2.50 bits per heavy atom. The third-order valence-corrected chi connectivity index (χ3v) is 3.11. The predicted octanol–water partition coefficient (Wildman–Crippen LogP) is 0.768. The van der Waals surface area contributed by atoms with Gasteiger partial charge in [-0.25, -0.2) is 0 Å². The van der Waals surface area contributed by atoms with E-state index in [1.165, 1.54) is 5.56 Å². The molecular formula is C12H19N3O. The number of rotatable bonds is 3. The van der Waals surface area contributed by atoms with Crippen LogP contribution in [0.4, 0.5) is 0 Å². The molecule has 2 N–H and O–H groups in total. The Bertz CT molecular complexity index is 334. The van der Waals surface area contributed by atoms with Crippen molar-refractivity contribution in [2.24, 2.45) is 0 Å². The molecular weight excluding hydrogens is 202 g/mol. The van der Waals surface area contributed by atoms with E-state index in [2.05, 4.69) is 17.2 Å². The van der Waals surface area contributed by atoms with Crippen LogP contribution in [0.5, 0.6) is 0 Å². The van der Waals surface area contributed by atoms with Gasteiger partial charge in [-0.05, 0) is 25.0 Å². The van der Waals surface area contributed by atoms with Crippen LogP contribution in [0.2, 0.25) is 0 Å². The van der Waals surface area contributed by atoms with Crippen molar-refractivity contribution >= 4 is 5.91 Å². The van der Waals surface area contributed by atoms with Crippen molar-refractivity contribution in [2.45, 2.75) is 25.8 Å². The van der Waals surface area contributed by atoms with E-state index in [0.29, 0.717) is 12.5 Å². The fraction of sp³-hybridized carbons (Fsp3) is 0.583. The maximum Gasteiger partial charge on any atom is 0.223 e. The lowest BCUT2D eigenvalue weighted by Gasteiger charge is -2.34. The smallest absolute Gasteiger partial charge is 0.223 e. The van der Waals surface area contributed by atoms with Gasteiger partial charge in [0.2, 0.25) is 5.91 Å². The van der Waals surface area contributed by atoms with Gasteiger partial charge in [0, 0.05) is 44.5 Å².